The molecule has 1 aromatic heterocycles. The Hall–Kier alpha value is -2.87. The third-order valence-corrected chi connectivity index (χ3v) is 5.06. The van der Waals surface area contributed by atoms with Crippen LogP contribution in [0.4, 0.5) is 5.69 Å². The number of amides is 1. The molecule has 0 aliphatic rings. The van der Waals surface area contributed by atoms with E-state index in [1.54, 1.807) is 31.2 Å². The van der Waals surface area contributed by atoms with Crippen LogP contribution in [0, 0.1) is 0 Å². The molecular formula is C19H21N5O2S. The number of benzene rings is 2. The van der Waals surface area contributed by atoms with Gasteiger partial charge in [0.05, 0.1) is 10.9 Å². The highest BCUT2D eigenvalue weighted by Gasteiger charge is 2.19. The van der Waals surface area contributed by atoms with Crippen LogP contribution in [0.5, 0.6) is 5.75 Å². The van der Waals surface area contributed by atoms with Crippen LogP contribution in [-0.4, -0.2) is 36.5 Å². The number of carbonyl (C=O) groups excluding carboxylic acids is 1. The molecule has 2 aromatic carbocycles. The number of aromatic nitrogens is 4. The maximum absolute atomic E-state index is 12.5. The van der Waals surface area contributed by atoms with Crippen molar-refractivity contribution >= 4 is 23.4 Å². The molecule has 0 bridgehead atoms. The Morgan fingerprint density at radius 1 is 1.07 bits per heavy atom. The van der Waals surface area contributed by atoms with Gasteiger partial charge in [-0.1, -0.05) is 37.7 Å². The van der Waals surface area contributed by atoms with E-state index in [0.717, 1.165) is 5.69 Å². The molecule has 0 radical (unpaired) electrons. The number of phenolic OH excluding ortho intramolecular Hbond substituents is 1. The van der Waals surface area contributed by atoms with Gasteiger partial charge in [-0.3, -0.25) is 4.79 Å². The van der Waals surface area contributed by atoms with Crippen molar-refractivity contribution < 1.29 is 9.90 Å². The second-order valence-corrected chi connectivity index (χ2v) is 7.72. The first-order valence-electron chi connectivity index (χ1n) is 8.59. The molecule has 0 spiro atoms. The molecule has 0 fully saturated rings. The lowest BCUT2D eigenvalue weighted by atomic mass is 10.0. The SMILES string of the molecule is CC(C)c1ccc(NC(=O)[C@@H](C)Sc2nnnn2-c2ccc(O)cc2)cc1. The van der Waals surface area contributed by atoms with E-state index in [1.807, 2.05) is 24.3 Å². The van der Waals surface area contributed by atoms with Crippen LogP contribution in [0.25, 0.3) is 5.69 Å². The molecule has 3 aromatic rings. The molecule has 0 saturated carbocycles. The zero-order chi connectivity index (χ0) is 19.4. The molecule has 140 valence electrons. The van der Waals surface area contributed by atoms with Gasteiger partial charge < -0.3 is 10.4 Å². The topological polar surface area (TPSA) is 92.9 Å². The van der Waals surface area contributed by atoms with E-state index in [0.29, 0.717) is 16.8 Å². The average molecular weight is 383 g/mol. The Bertz CT molecular complexity index is 907. The first-order chi connectivity index (χ1) is 12.9. The van der Waals surface area contributed by atoms with E-state index in [2.05, 4.69) is 34.7 Å². The van der Waals surface area contributed by atoms with Gasteiger partial charge in [-0.25, -0.2) is 0 Å². The maximum atomic E-state index is 12.5. The Labute approximate surface area is 161 Å². The van der Waals surface area contributed by atoms with Crippen LogP contribution in [0.1, 0.15) is 32.3 Å². The van der Waals surface area contributed by atoms with Crippen molar-refractivity contribution in [3.05, 3.63) is 54.1 Å². The number of thioether (sulfide) groups is 1. The minimum atomic E-state index is -0.392. The van der Waals surface area contributed by atoms with Gasteiger partial charge >= 0.3 is 0 Å². The van der Waals surface area contributed by atoms with Crippen molar-refractivity contribution in [2.24, 2.45) is 0 Å². The van der Waals surface area contributed by atoms with E-state index in [1.165, 1.54) is 22.0 Å². The van der Waals surface area contributed by atoms with E-state index in [4.69, 9.17) is 0 Å². The molecule has 1 heterocycles. The summed E-state index contributed by atoms with van der Waals surface area (Å²) in [5.74, 6) is 0.484. The Morgan fingerprint density at radius 2 is 1.74 bits per heavy atom. The molecule has 0 saturated heterocycles. The Balaban J connectivity index is 1.67. The number of tetrazole rings is 1. The molecule has 0 unspecified atom stereocenters. The summed E-state index contributed by atoms with van der Waals surface area (Å²) in [7, 11) is 0. The maximum Gasteiger partial charge on any atom is 0.237 e. The summed E-state index contributed by atoms with van der Waals surface area (Å²) in [6.07, 6.45) is 0. The number of carbonyl (C=O) groups is 1. The fourth-order valence-electron chi connectivity index (χ4n) is 2.42. The van der Waals surface area contributed by atoms with E-state index < -0.39 is 5.25 Å². The zero-order valence-electron chi connectivity index (χ0n) is 15.3. The lowest BCUT2D eigenvalue weighted by Crippen LogP contribution is -2.23. The van der Waals surface area contributed by atoms with E-state index in [-0.39, 0.29) is 11.7 Å². The third-order valence-electron chi connectivity index (χ3n) is 4.03. The lowest BCUT2D eigenvalue weighted by molar-refractivity contribution is -0.115. The van der Waals surface area contributed by atoms with Gasteiger partial charge in [0.15, 0.2) is 0 Å². The molecule has 7 nitrogen and oxygen atoms in total. The molecule has 1 atom stereocenters. The van der Waals surface area contributed by atoms with Crippen molar-refractivity contribution in [3.63, 3.8) is 0 Å². The number of aromatic hydroxyl groups is 1. The smallest absolute Gasteiger partial charge is 0.237 e. The lowest BCUT2D eigenvalue weighted by Gasteiger charge is -2.12. The summed E-state index contributed by atoms with van der Waals surface area (Å²) >= 11 is 1.26. The molecule has 0 aliphatic heterocycles. The Kier molecular flexibility index (Phi) is 5.75. The van der Waals surface area contributed by atoms with Gasteiger partial charge in [0.25, 0.3) is 0 Å². The van der Waals surface area contributed by atoms with Gasteiger partial charge in [-0.05, 0) is 65.2 Å². The highest BCUT2D eigenvalue weighted by Crippen LogP contribution is 2.25. The summed E-state index contributed by atoms with van der Waals surface area (Å²) in [5, 5.41) is 24.1. The van der Waals surface area contributed by atoms with E-state index in [9.17, 15) is 9.90 Å². The van der Waals surface area contributed by atoms with E-state index >= 15 is 0 Å². The minimum Gasteiger partial charge on any atom is -0.508 e. The van der Waals surface area contributed by atoms with Crippen LogP contribution in [-0.2, 0) is 4.79 Å². The van der Waals surface area contributed by atoms with Crippen LogP contribution >= 0.6 is 11.8 Å². The number of rotatable bonds is 6. The normalized spacial score (nSPS) is 12.1. The number of hydrogen-bond donors (Lipinski definition) is 2. The van der Waals surface area contributed by atoms with Crippen molar-refractivity contribution in [2.45, 2.75) is 37.1 Å². The summed E-state index contributed by atoms with van der Waals surface area (Å²) < 4.78 is 1.53. The molecule has 27 heavy (non-hydrogen) atoms. The molecule has 3 rings (SSSR count). The van der Waals surface area contributed by atoms with Gasteiger partial charge in [0, 0.05) is 5.69 Å². The fraction of sp³-hybridized carbons (Fsp3) is 0.263. The zero-order valence-corrected chi connectivity index (χ0v) is 16.1. The first kappa shape index (κ1) is 18.9. The number of hydrogen-bond acceptors (Lipinski definition) is 6. The van der Waals surface area contributed by atoms with Crippen molar-refractivity contribution in [3.8, 4) is 11.4 Å². The second-order valence-electron chi connectivity index (χ2n) is 6.42. The number of phenols is 1. The quantitative estimate of drug-likeness (QED) is 0.632. The van der Waals surface area contributed by atoms with Gasteiger partial charge in [0.1, 0.15) is 5.75 Å². The second kappa shape index (κ2) is 8.22. The summed E-state index contributed by atoms with van der Waals surface area (Å²) in [6.45, 7) is 6.06. The summed E-state index contributed by atoms with van der Waals surface area (Å²) in [6, 6.07) is 14.4. The van der Waals surface area contributed by atoms with Crippen molar-refractivity contribution in [1.29, 1.82) is 0 Å². The largest absolute Gasteiger partial charge is 0.508 e. The summed E-state index contributed by atoms with van der Waals surface area (Å²) in [4.78, 5) is 12.5. The van der Waals surface area contributed by atoms with Gasteiger partial charge in [-0.15, -0.1) is 5.10 Å². The van der Waals surface area contributed by atoms with Crippen molar-refractivity contribution in [2.75, 3.05) is 5.32 Å². The number of anilines is 1. The number of nitrogens with zero attached hydrogens (tertiary/aromatic N) is 4. The van der Waals surface area contributed by atoms with Crippen LogP contribution < -0.4 is 5.32 Å². The van der Waals surface area contributed by atoms with Crippen molar-refractivity contribution in [1.82, 2.24) is 20.2 Å². The van der Waals surface area contributed by atoms with Crippen LogP contribution in [0.15, 0.2) is 53.7 Å². The fourth-order valence-corrected chi connectivity index (χ4v) is 3.22. The highest BCUT2D eigenvalue weighted by atomic mass is 32.2. The van der Waals surface area contributed by atoms with Gasteiger partial charge in [0.2, 0.25) is 11.1 Å². The number of nitrogens with one attached hydrogen (secondary N) is 1. The first-order valence-corrected chi connectivity index (χ1v) is 9.47. The molecule has 1 amide bonds. The van der Waals surface area contributed by atoms with Gasteiger partial charge in [-0.2, -0.15) is 4.68 Å². The summed E-state index contributed by atoms with van der Waals surface area (Å²) in [5.41, 5.74) is 2.69. The Morgan fingerprint density at radius 3 is 2.37 bits per heavy atom. The predicted octanol–water partition coefficient (Wildman–Crippen LogP) is 3.61. The molecule has 2 N–H and O–H groups in total. The predicted molar refractivity (Wildman–Crippen MR) is 105 cm³/mol. The third kappa shape index (κ3) is 4.65. The minimum absolute atomic E-state index is 0.127. The standard InChI is InChI=1S/C19H21N5O2S/c1-12(2)14-4-6-15(7-5-14)20-18(26)13(3)27-19-21-22-23-24(19)16-8-10-17(25)11-9-16/h4-13,25H,1-3H3,(H,20,26)/t13-/m1/s1. The van der Waals surface area contributed by atoms with Crippen LogP contribution in [0.3, 0.4) is 0 Å². The highest BCUT2D eigenvalue weighted by molar-refractivity contribution is 8.00. The molecule has 0 aliphatic carbocycles. The molecule has 8 heteroatoms. The molecular weight excluding hydrogens is 362 g/mol. The monoisotopic (exact) mass is 383 g/mol. The van der Waals surface area contributed by atoms with Crippen LogP contribution in [0.2, 0.25) is 0 Å². The average Bonchev–Trinajstić information content (AvgIpc) is 3.10.